The van der Waals surface area contributed by atoms with E-state index in [2.05, 4.69) is 36.2 Å². The van der Waals surface area contributed by atoms with Crippen LogP contribution >= 0.6 is 0 Å². The third kappa shape index (κ3) is 3.69. The van der Waals surface area contributed by atoms with E-state index in [4.69, 9.17) is 4.42 Å². The summed E-state index contributed by atoms with van der Waals surface area (Å²) < 4.78 is 6.09. The van der Waals surface area contributed by atoms with E-state index in [1.807, 2.05) is 60.7 Å². The van der Waals surface area contributed by atoms with Crippen LogP contribution in [0.5, 0.6) is 0 Å². The average molecular weight is 355 g/mol. The van der Waals surface area contributed by atoms with Gasteiger partial charge in [0.05, 0.1) is 10.8 Å². The molecule has 4 rings (SSSR count). The molecule has 0 N–H and O–H groups in total. The molecule has 0 saturated heterocycles. The van der Waals surface area contributed by atoms with E-state index in [9.17, 15) is 4.79 Å². The molecule has 3 heteroatoms. The fourth-order valence-electron chi connectivity index (χ4n) is 3.30. The van der Waals surface area contributed by atoms with Crippen LogP contribution in [0.2, 0.25) is 0 Å². The van der Waals surface area contributed by atoms with Crippen LogP contribution in [-0.2, 0) is 6.54 Å². The molecule has 0 spiro atoms. The van der Waals surface area contributed by atoms with Gasteiger partial charge in [-0.25, -0.2) is 0 Å². The van der Waals surface area contributed by atoms with Gasteiger partial charge in [-0.2, -0.15) is 0 Å². The van der Waals surface area contributed by atoms with Crippen molar-refractivity contribution in [2.45, 2.75) is 6.54 Å². The molecule has 0 aliphatic heterocycles. The van der Waals surface area contributed by atoms with Gasteiger partial charge in [-0.05, 0) is 30.8 Å². The molecule has 0 saturated carbocycles. The Morgan fingerprint density at radius 1 is 0.889 bits per heavy atom. The van der Waals surface area contributed by atoms with Gasteiger partial charge < -0.3 is 4.42 Å². The minimum atomic E-state index is 0.0281. The van der Waals surface area contributed by atoms with Gasteiger partial charge in [0.15, 0.2) is 0 Å². The molecule has 0 bridgehead atoms. The first-order valence-corrected chi connectivity index (χ1v) is 9.06. The molecular formula is C24H21NO2. The van der Waals surface area contributed by atoms with E-state index in [1.165, 1.54) is 5.56 Å². The third-order valence-electron chi connectivity index (χ3n) is 4.65. The van der Waals surface area contributed by atoms with Crippen molar-refractivity contribution in [3.8, 4) is 0 Å². The number of nitrogens with zero attached hydrogens (tertiary/aromatic N) is 1. The van der Waals surface area contributed by atoms with E-state index in [1.54, 1.807) is 0 Å². The molecular weight excluding hydrogens is 334 g/mol. The van der Waals surface area contributed by atoms with Gasteiger partial charge in [-0.15, -0.1) is 0 Å². The summed E-state index contributed by atoms with van der Waals surface area (Å²) in [6.45, 7) is 1.51. The lowest BCUT2D eigenvalue weighted by molar-refractivity contribution is 0.363. The predicted molar refractivity (Wildman–Crippen MR) is 112 cm³/mol. The van der Waals surface area contributed by atoms with Crippen molar-refractivity contribution in [2.24, 2.45) is 0 Å². The molecule has 0 fully saturated rings. The predicted octanol–water partition coefficient (Wildman–Crippen LogP) is 5.09. The highest BCUT2D eigenvalue weighted by molar-refractivity contribution is 5.90. The summed E-state index contributed by atoms with van der Waals surface area (Å²) in [6.07, 6.45) is 4.26. The standard InChI is InChI=1S/C24H21NO2/c1-25(16-8-11-18-9-3-2-4-10-18)17-19-12-7-14-21-23(26)20-13-5-6-15-22(20)27-24(19)21/h2-15H,16-17H2,1H3/b11-8+. The Hall–Kier alpha value is -3.17. The van der Waals surface area contributed by atoms with Gasteiger partial charge in [0.25, 0.3) is 0 Å². The molecule has 4 aromatic rings. The number of fused-ring (bicyclic) bond motifs is 2. The van der Waals surface area contributed by atoms with Gasteiger partial charge in [0.1, 0.15) is 11.2 Å². The van der Waals surface area contributed by atoms with Crippen molar-refractivity contribution in [3.63, 3.8) is 0 Å². The molecule has 0 atom stereocenters. The molecule has 3 aromatic carbocycles. The highest BCUT2D eigenvalue weighted by Crippen LogP contribution is 2.22. The van der Waals surface area contributed by atoms with Crippen LogP contribution in [0.4, 0.5) is 0 Å². The first kappa shape index (κ1) is 17.3. The molecule has 1 heterocycles. The van der Waals surface area contributed by atoms with Crippen molar-refractivity contribution in [1.82, 2.24) is 4.90 Å². The van der Waals surface area contributed by atoms with Crippen molar-refractivity contribution >= 4 is 28.0 Å². The molecule has 0 unspecified atom stereocenters. The van der Waals surface area contributed by atoms with Crippen LogP contribution in [0, 0.1) is 0 Å². The van der Waals surface area contributed by atoms with Crippen molar-refractivity contribution in [1.29, 1.82) is 0 Å². The third-order valence-corrected chi connectivity index (χ3v) is 4.65. The van der Waals surface area contributed by atoms with E-state index in [0.717, 1.165) is 12.1 Å². The van der Waals surface area contributed by atoms with Crippen molar-refractivity contribution in [3.05, 3.63) is 100 Å². The summed E-state index contributed by atoms with van der Waals surface area (Å²) >= 11 is 0. The maximum Gasteiger partial charge on any atom is 0.200 e. The van der Waals surface area contributed by atoms with Crippen LogP contribution in [0.25, 0.3) is 28.0 Å². The number of hydrogen-bond donors (Lipinski definition) is 0. The fraction of sp³-hybridized carbons (Fsp3) is 0.125. The largest absolute Gasteiger partial charge is 0.455 e. The summed E-state index contributed by atoms with van der Waals surface area (Å²) in [4.78, 5) is 15.0. The minimum absolute atomic E-state index is 0.0281. The van der Waals surface area contributed by atoms with Crippen LogP contribution in [0.3, 0.4) is 0 Å². The highest BCUT2D eigenvalue weighted by atomic mass is 16.3. The Labute approximate surface area is 158 Å². The number of para-hydroxylation sites is 2. The topological polar surface area (TPSA) is 33.5 Å². The monoisotopic (exact) mass is 355 g/mol. The fourth-order valence-corrected chi connectivity index (χ4v) is 3.30. The molecule has 134 valence electrons. The average Bonchev–Trinajstić information content (AvgIpc) is 2.70. The van der Waals surface area contributed by atoms with E-state index in [-0.39, 0.29) is 5.43 Å². The molecule has 27 heavy (non-hydrogen) atoms. The van der Waals surface area contributed by atoms with Crippen LogP contribution in [0.15, 0.2) is 88.1 Å². The van der Waals surface area contributed by atoms with Gasteiger partial charge in [0.2, 0.25) is 5.43 Å². The van der Waals surface area contributed by atoms with Gasteiger partial charge in [0, 0.05) is 18.7 Å². The summed E-state index contributed by atoms with van der Waals surface area (Å²) in [5.74, 6) is 0. The van der Waals surface area contributed by atoms with Crippen LogP contribution < -0.4 is 5.43 Å². The summed E-state index contributed by atoms with van der Waals surface area (Å²) in [5, 5.41) is 1.26. The SMILES string of the molecule is CN(C/C=C/c1ccccc1)Cc1cccc2c(=O)c3ccccc3oc12. The highest BCUT2D eigenvalue weighted by Gasteiger charge is 2.11. The smallest absolute Gasteiger partial charge is 0.200 e. The number of likely N-dealkylation sites (N-methyl/N-ethyl adjacent to an activating group) is 1. The Morgan fingerprint density at radius 3 is 2.48 bits per heavy atom. The van der Waals surface area contributed by atoms with E-state index >= 15 is 0 Å². The number of benzene rings is 3. The van der Waals surface area contributed by atoms with Gasteiger partial charge in [-0.3, -0.25) is 9.69 Å². The summed E-state index contributed by atoms with van der Waals surface area (Å²) in [7, 11) is 2.06. The number of hydrogen-bond acceptors (Lipinski definition) is 3. The maximum absolute atomic E-state index is 12.8. The zero-order chi connectivity index (χ0) is 18.6. The lowest BCUT2D eigenvalue weighted by Crippen LogP contribution is -2.18. The molecule has 0 radical (unpaired) electrons. The molecule has 1 aromatic heterocycles. The van der Waals surface area contributed by atoms with Gasteiger partial charge >= 0.3 is 0 Å². The van der Waals surface area contributed by atoms with Crippen LogP contribution in [-0.4, -0.2) is 18.5 Å². The summed E-state index contributed by atoms with van der Waals surface area (Å²) in [5.41, 5.74) is 3.55. The minimum Gasteiger partial charge on any atom is -0.455 e. The first-order chi connectivity index (χ1) is 13.2. The molecule has 0 amide bonds. The zero-order valence-corrected chi connectivity index (χ0v) is 15.3. The second-order valence-electron chi connectivity index (χ2n) is 6.73. The van der Waals surface area contributed by atoms with Crippen molar-refractivity contribution in [2.75, 3.05) is 13.6 Å². The van der Waals surface area contributed by atoms with Crippen molar-refractivity contribution < 1.29 is 4.42 Å². The molecule has 0 aliphatic carbocycles. The molecule has 0 aliphatic rings. The lowest BCUT2D eigenvalue weighted by atomic mass is 10.1. The Bertz CT molecular complexity index is 1160. The quantitative estimate of drug-likeness (QED) is 0.468. The normalized spacial score (nSPS) is 11.8. The Balaban J connectivity index is 1.60. The maximum atomic E-state index is 12.8. The zero-order valence-electron chi connectivity index (χ0n) is 15.3. The summed E-state index contributed by atoms with van der Waals surface area (Å²) in [6, 6.07) is 23.5. The second-order valence-corrected chi connectivity index (χ2v) is 6.73. The van der Waals surface area contributed by atoms with E-state index < -0.39 is 0 Å². The Kier molecular flexibility index (Phi) is 4.86. The second kappa shape index (κ2) is 7.60. The first-order valence-electron chi connectivity index (χ1n) is 9.06. The number of rotatable bonds is 5. The lowest BCUT2D eigenvalue weighted by Gasteiger charge is -2.15. The van der Waals surface area contributed by atoms with Crippen LogP contribution in [0.1, 0.15) is 11.1 Å². The molecule has 3 nitrogen and oxygen atoms in total. The Morgan fingerprint density at radius 2 is 1.63 bits per heavy atom. The van der Waals surface area contributed by atoms with E-state index in [0.29, 0.717) is 28.5 Å². The van der Waals surface area contributed by atoms with Gasteiger partial charge in [-0.1, -0.05) is 66.7 Å².